The average Bonchev–Trinajstić information content (AvgIpc) is 3.77. The van der Waals surface area contributed by atoms with Crippen molar-refractivity contribution in [2.45, 2.75) is 37.6 Å². The summed E-state index contributed by atoms with van der Waals surface area (Å²) in [6, 6.07) is 25.6. The molecule has 1 N–H and O–H groups in total. The molecule has 1 amide bonds. The van der Waals surface area contributed by atoms with E-state index in [-0.39, 0.29) is 30.0 Å². The first-order valence-corrected chi connectivity index (χ1v) is 13.3. The Kier molecular flexibility index (Phi) is 6.50. The number of aromatic nitrogens is 2. The van der Waals surface area contributed by atoms with Gasteiger partial charge >= 0.3 is 0 Å². The van der Waals surface area contributed by atoms with Crippen molar-refractivity contribution in [3.63, 3.8) is 0 Å². The zero-order chi connectivity index (χ0) is 26.1. The van der Waals surface area contributed by atoms with Gasteiger partial charge in [0.2, 0.25) is 0 Å². The molecule has 192 valence electrons. The van der Waals surface area contributed by atoms with Gasteiger partial charge in [0.15, 0.2) is 6.61 Å². The second-order valence-corrected chi connectivity index (χ2v) is 10.5. The van der Waals surface area contributed by atoms with Gasteiger partial charge in [-0.2, -0.15) is 0 Å². The Bertz CT molecular complexity index is 1530. The first-order chi connectivity index (χ1) is 18.5. The third kappa shape index (κ3) is 4.84. The Morgan fingerprint density at radius 1 is 1.00 bits per heavy atom. The summed E-state index contributed by atoms with van der Waals surface area (Å²) in [7, 11) is 0. The third-order valence-corrected chi connectivity index (χ3v) is 7.78. The Balaban J connectivity index is 1.15. The maximum Gasteiger partial charge on any atom is 0.260 e. The number of benzene rings is 3. The lowest BCUT2D eigenvalue weighted by Gasteiger charge is -2.21. The van der Waals surface area contributed by atoms with Crippen LogP contribution in [0.2, 0.25) is 5.02 Å². The minimum absolute atomic E-state index is 0.0820. The van der Waals surface area contributed by atoms with Gasteiger partial charge in [0.25, 0.3) is 11.5 Å². The number of aromatic amines is 1. The number of nitrogens with zero attached hydrogens (tertiary/aromatic N) is 2. The summed E-state index contributed by atoms with van der Waals surface area (Å²) in [6.07, 6.45) is 3.24. The highest BCUT2D eigenvalue weighted by atomic mass is 35.5. The SMILES string of the molecule is O=C(COc1ccc(-c2ccccc2)cc1)N1CCCc2nc(C3(c4cccc(Cl)c4)CC3)[nH]c(=O)c2C1. The second kappa shape index (κ2) is 10.1. The van der Waals surface area contributed by atoms with E-state index < -0.39 is 0 Å². The average molecular weight is 526 g/mol. The number of aryl methyl sites for hydroxylation is 1. The monoisotopic (exact) mass is 525 g/mol. The van der Waals surface area contributed by atoms with Crippen LogP contribution in [0.5, 0.6) is 5.75 Å². The van der Waals surface area contributed by atoms with Crippen LogP contribution < -0.4 is 10.3 Å². The van der Waals surface area contributed by atoms with Gasteiger partial charge in [-0.3, -0.25) is 9.59 Å². The number of amides is 1. The number of hydrogen-bond acceptors (Lipinski definition) is 4. The predicted octanol–water partition coefficient (Wildman–Crippen LogP) is 5.52. The first-order valence-electron chi connectivity index (χ1n) is 13.0. The number of H-pyrrole nitrogens is 1. The molecule has 6 rings (SSSR count). The number of halogens is 1. The van der Waals surface area contributed by atoms with Crippen molar-refractivity contribution in [1.82, 2.24) is 14.9 Å². The molecule has 0 radical (unpaired) electrons. The van der Waals surface area contributed by atoms with Gasteiger partial charge in [0.05, 0.1) is 23.2 Å². The Morgan fingerprint density at radius 3 is 2.50 bits per heavy atom. The van der Waals surface area contributed by atoms with Crippen LogP contribution in [-0.2, 0) is 23.2 Å². The molecule has 4 aromatic rings. The van der Waals surface area contributed by atoms with Crippen LogP contribution in [0.25, 0.3) is 11.1 Å². The lowest BCUT2D eigenvalue weighted by molar-refractivity contribution is -0.134. The van der Waals surface area contributed by atoms with Crippen molar-refractivity contribution in [2.75, 3.05) is 13.2 Å². The molecule has 0 bridgehead atoms. The smallest absolute Gasteiger partial charge is 0.260 e. The van der Waals surface area contributed by atoms with Crippen molar-refractivity contribution >= 4 is 17.5 Å². The molecule has 1 fully saturated rings. The summed E-state index contributed by atoms with van der Waals surface area (Å²) < 4.78 is 5.80. The Hall–Kier alpha value is -3.90. The molecule has 0 saturated heterocycles. The maximum atomic E-state index is 13.2. The number of carbonyl (C=O) groups excluding carboxylic acids is 1. The molecule has 38 heavy (non-hydrogen) atoms. The first kappa shape index (κ1) is 24.4. The van der Waals surface area contributed by atoms with E-state index in [1.54, 1.807) is 4.90 Å². The van der Waals surface area contributed by atoms with Crippen LogP contribution in [0.15, 0.2) is 83.7 Å². The van der Waals surface area contributed by atoms with E-state index in [0.717, 1.165) is 41.6 Å². The molecule has 6 nitrogen and oxygen atoms in total. The summed E-state index contributed by atoms with van der Waals surface area (Å²) >= 11 is 6.24. The van der Waals surface area contributed by atoms with Gasteiger partial charge in [0, 0.05) is 11.6 Å². The van der Waals surface area contributed by atoms with Crippen LogP contribution in [-0.4, -0.2) is 33.9 Å². The lowest BCUT2D eigenvalue weighted by atomic mass is 9.94. The number of fused-ring (bicyclic) bond motifs is 1. The molecule has 0 unspecified atom stereocenters. The standard InChI is InChI=1S/C31H28ClN3O3/c32-24-9-4-8-23(18-24)31(15-16-31)30-33-27-10-5-17-35(19-26(27)29(37)34-30)28(36)20-38-25-13-11-22(12-14-25)21-6-2-1-3-7-21/h1-4,6-9,11-14,18H,5,10,15-17,19-20H2,(H,33,34,37). The molecule has 1 aliphatic carbocycles. The zero-order valence-electron chi connectivity index (χ0n) is 21.0. The minimum atomic E-state index is -0.287. The Morgan fingerprint density at radius 2 is 1.76 bits per heavy atom. The van der Waals surface area contributed by atoms with Crippen molar-refractivity contribution < 1.29 is 9.53 Å². The molecule has 1 aromatic heterocycles. The van der Waals surface area contributed by atoms with Gasteiger partial charge in [-0.1, -0.05) is 66.2 Å². The number of rotatable bonds is 6. The van der Waals surface area contributed by atoms with Crippen LogP contribution in [0.4, 0.5) is 0 Å². The third-order valence-electron chi connectivity index (χ3n) is 7.55. The largest absolute Gasteiger partial charge is 0.484 e. The molecular formula is C31H28ClN3O3. The molecule has 0 spiro atoms. The summed E-state index contributed by atoms with van der Waals surface area (Å²) in [4.78, 5) is 35.9. The zero-order valence-corrected chi connectivity index (χ0v) is 21.7. The molecular weight excluding hydrogens is 498 g/mol. The normalized spacial score (nSPS) is 15.9. The van der Waals surface area contributed by atoms with Crippen LogP contribution in [0.3, 0.4) is 0 Å². The van der Waals surface area contributed by atoms with E-state index in [0.29, 0.717) is 35.1 Å². The highest BCUT2D eigenvalue weighted by molar-refractivity contribution is 6.30. The molecule has 3 aromatic carbocycles. The van der Waals surface area contributed by atoms with Gasteiger partial charge in [0.1, 0.15) is 11.6 Å². The number of hydrogen-bond donors (Lipinski definition) is 1. The molecule has 1 aliphatic heterocycles. The fourth-order valence-corrected chi connectivity index (χ4v) is 5.44. The highest BCUT2D eigenvalue weighted by Gasteiger charge is 2.48. The summed E-state index contributed by atoms with van der Waals surface area (Å²) in [5, 5.41) is 0.675. The number of ether oxygens (including phenoxy) is 1. The predicted molar refractivity (Wildman–Crippen MR) is 147 cm³/mol. The van der Waals surface area contributed by atoms with Crippen molar-refractivity contribution in [3.8, 4) is 16.9 Å². The lowest BCUT2D eigenvalue weighted by Crippen LogP contribution is -2.36. The molecule has 0 atom stereocenters. The highest BCUT2D eigenvalue weighted by Crippen LogP contribution is 2.52. The quantitative estimate of drug-likeness (QED) is 0.359. The van der Waals surface area contributed by atoms with Gasteiger partial charge in [-0.05, 0) is 66.6 Å². The molecule has 2 heterocycles. The van der Waals surface area contributed by atoms with Crippen molar-refractivity contribution in [2.24, 2.45) is 0 Å². The Labute approximate surface area is 226 Å². The van der Waals surface area contributed by atoms with E-state index >= 15 is 0 Å². The van der Waals surface area contributed by atoms with Gasteiger partial charge in [-0.25, -0.2) is 4.98 Å². The number of carbonyl (C=O) groups is 1. The van der Waals surface area contributed by atoms with E-state index in [2.05, 4.69) is 17.1 Å². The molecule has 7 heteroatoms. The van der Waals surface area contributed by atoms with Gasteiger partial charge in [-0.15, -0.1) is 0 Å². The van der Waals surface area contributed by atoms with E-state index in [1.165, 1.54) is 0 Å². The van der Waals surface area contributed by atoms with Crippen LogP contribution >= 0.6 is 11.6 Å². The van der Waals surface area contributed by atoms with Crippen LogP contribution in [0.1, 0.15) is 41.9 Å². The van der Waals surface area contributed by atoms with Crippen molar-refractivity contribution in [3.05, 3.63) is 117 Å². The number of nitrogens with one attached hydrogen (secondary N) is 1. The summed E-state index contributed by atoms with van der Waals surface area (Å²) in [5.74, 6) is 1.18. The van der Waals surface area contributed by atoms with E-state index in [1.807, 2.05) is 66.7 Å². The second-order valence-electron chi connectivity index (χ2n) is 10.0. The van der Waals surface area contributed by atoms with E-state index in [9.17, 15) is 9.59 Å². The summed E-state index contributed by atoms with van der Waals surface area (Å²) in [5.41, 5.74) is 4.18. The van der Waals surface area contributed by atoms with Crippen molar-refractivity contribution in [1.29, 1.82) is 0 Å². The topological polar surface area (TPSA) is 75.3 Å². The van der Waals surface area contributed by atoms with Gasteiger partial charge < -0.3 is 14.6 Å². The molecule has 1 saturated carbocycles. The fourth-order valence-electron chi connectivity index (χ4n) is 5.24. The minimum Gasteiger partial charge on any atom is -0.484 e. The van der Waals surface area contributed by atoms with E-state index in [4.69, 9.17) is 21.3 Å². The fraction of sp³-hybridized carbons (Fsp3) is 0.258. The summed E-state index contributed by atoms with van der Waals surface area (Å²) in [6.45, 7) is 0.707. The van der Waals surface area contributed by atoms with Crippen LogP contribution in [0, 0.1) is 0 Å². The maximum absolute atomic E-state index is 13.2. The molecule has 2 aliphatic rings.